The first-order valence-corrected chi connectivity index (χ1v) is 5.99. The highest BCUT2D eigenvalue weighted by Crippen LogP contribution is 2.10. The van der Waals surface area contributed by atoms with Gasteiger partial charge in [0.1, 0.15) is 18.1 Å². The number of nitrogens with zero attached hydrogens (tertiary/aromatic N) is 2. The molecule has 0 radical (unpaired) electrons. The van der Waals surface area contributed by atoms with Crippen molar-refractivity contribution >= 4 is 5.91 Å². The molecular weight excluding hydrogens is 242 g/mol. The number of benzene rings is 1. The van der Waals surface area contributed by atoms with E-state index in [0.29, 0.717) is 18.8 Å². The van der Waals surface area contributed by atoms with E-state index in [2.05, 4.69) is 15.3 Å². The molecule has 5 heteroatoms. The van der Waals surface area contributed by atoms with Crippen LogP contribution >= 0.6 is 0 Å². The number of amides is 1. The minimum absolute atomic E-state index is 0.249. The third-order valence-electron chi connectivity index (χ3n) is 2.47. The number of aryl methyl sites for hydroxylation is 1. The van der Waals surface area contributed by atoms with Crippen LogP contribution in [0.15, 0.2) is 42.9 Å². The fraction of sp³-hybridized carbons (Fsp3) is 0.214. The van der Waals surface area contributed by atoms with E-state index in [1.807, 2.05) is 31.2 Å². The van der Waals surface area contributed by atoms with Gasteiger partial charge in [0, 0.05) is 12.4 Å². The van der Waals surface area contributed by atoms with Gasteiger partial charge in [0.25, 0.3) is 5.91 Å². The van der Waals surface area contributed by atoms with Crippen LogP contribution in [0.1, 0.15) is 16.1 Å². The summed E-state index contributed by atoms with van der Waals surface area (Å²) in [6.45, 7) is 2.85. The van der Waals surface area contributed by atoms with Crippen molar-refractivity contribution in [3.63, 3.8) is 0 Å². The van der Waals surface area contributed by atoms with E-state index >= 15 is 0 Å². The van der Waals surface area contributed by atoms with Crippen molar-refractivity contribution in [1.29, 1.82) is 0 Å². The van der Waals surface area contributed by atoms with Gasteiger partial charge in [-0.3, -0.25) is 9.78 Å². The highest BCUT2D eigenvalue weighted by Gasteiger charge is 2.05. The van der Waals surface area contributed by atoms with Gasteiger partial charge in [-0.05, 0) is 19.1 Å². The van der Waals surface area contributed by atoms with Crippen molar-refractivity contribution in [2.45, 2.75) is 6.92 Å². The molecule has 19 heavy (non-hydrogen) atoms. The molecule has 1 N–H and O–H groups in total. The first-order valence-electron chi connectivity index (χ1n) is 5.99. The Hall–Kier alpha value is -2.43. The van der Waals surface area contributed by atoms with Gasteiger partial charge < -0.3 is 10.1 Å². The summed E-state index contributed by atoms with van der Waals surface area (Å²) in [4.78, 5) is 19.4. The van der Waals surface area contributed by atoms with E-state index in [4.69, 9.17) is 4.74 Å². The minimum atomic E-state index is -0.249. The topological polar surface area (TPSA) is 64.1 Å². The first kappa shape index (κ1) is 13.0. The molecule has 2 aromatic rings. The lowest BCUT2D eigenvalue weighted by Gasteiger charge is -2.07. The Bertz CT molecular complexity index is 526. The van der Waals surface area contributed by atoms with E-state index < -0.39 is 0 Å². The molecule has 0 aliphatic heterocycles. The number of rotatable bonds is 5. The van der Waals surface area contributed by atoms with Crippen LogP contribution in [0.3, 0.4) is 0 Å². The number of ether oxygens (including phenoxy) is 1. The predicted molar refractivity (Wildman–Crippen MR) is 71.0 cm³/mol. The molecule has 5 nitrogen and oxygen atoms in total. The zero-order chi connectivity index (χ0) is 13.5. The molecule has 0 bridgehead atoms. The number of carbonyl (C=O) groups excluding carboxylic acids is 1. The van der Waals surface area contributed by atoms with E-state index in [-0.39, 0.29) is 5.91 Å². The average Bonchev–Trinajstić information content (AvgIpc) is 2.46. The maximum Gasteiger partial charge on any atom is 0.271 e. The van der Waals surface area contributed by atoms with Gasteiger partial charge in [-0.25, -0.2) is 4.98 Å². The van der Waals surface area contributed by atoms with Crippen molar-refractivity contribution in [3.05, 3.63) is 54.1 Å². The number of hydrogen-bond acceptors (Lipinski definition) is 4. The lowest BCUT2D eigenvalue weighted by Crippen LogP contribution is -2.28. The monoisotopic (exact) mass is 257 g/mol. The molecule has 0 unspecified atom stereocenters. The van der Waals surface area contributed by atoms with Crippen LogP contribution in [0.4, 0.5) is 0 Å². The van der Waals surface area contributed by atoms with Gasteiger partial charge >= 0.3 is 0 Å². The van der Waals surface area contributed by atoms with Crippen LogP contribution in [0, 0.1) is 6.92 Å². The standard InChI is InChI=1S/C14H15N3O2/c1-11-2-4-12(5-3-11)19-9-8-17-14(18)13-10-15-6-7-16-13/h2-7,10H,8-9H2,1H3,(H,17,18). The molecular formula is C14H15N3O2. The molecule has 0 fully saturated rings. The largest absolute Gasteiger partial charge is 0.492 e. The summed E-state index contributed by atoms with van der Waals surface area (Å²) in [6, 6.07) is 7.76. The molecule has 2 rings (SSSR count). The summed E-state index contributed by atoms with van der Waals surface area (Å²) in [5, 5.41) is 2.71. The van der Waals surface area contributed by atoms with Crippen molar-refractivity contribution in [2.75, 3.05) is 13.2 Å². The Kier molecular flexibility index (Phi) is 4.44. The Balaban J connectivity index is 1.72. The molecule has 98 valence electrons. The lowest BCUT2D eigenvalue weighted by atomic mass is 10.2. The van der Waals surface area contributed by atoms with Gasteiger partial charge in [0.2, 0.25) is 0 Å². The van der Waals surface area contributed by atoms with Crippen LogP contribution in [-0.4, -0.2) is 29.0 Å². The van der Waals surface area contributed by atoms with Crippen molar-refractivity contribution in [1.82, 2.24) is 15.3 Å². The summed E-state index contributed by atoms with van der Waals surface area (Å²) < 4.78 is 5.50. The molecule has 0 saturated carbocycles. The van der Waals surface area contributed by atoms with Gasteiger partial charge in [0.05, 0.1) is 12.7 Å². The van der Waals surface area contributed by atoms with Crippen molar-refractivity contribution in [2.24, 2.45) is 0 Å². The zero-order valence-electron chi connectivity index (χ0n) is 10.7. The fourth-order valence-corrected chi connectivity index (χ4v) is 1.47. The van der Waals surface area contributed by atoms with Crippen LogP contribution in [0.25, 0.3) is 0 Å². The average molecular weight is 257 g/mol. The maximum atomic E-state index is 11.6. The summed E-state index contributed by atoms with van der Waals surface area (Å²) in [7, 11) is 0. The molecule has 1 aromatic carbocycles. The molecule has 1 heterocycles. The van der Waals surface area contributed by atoms with E-state index in [0.717, 1.165) is 5.75 Å². The second-order valence-corrected chi connectivity index (χ2v) is 4.01. The maximum absolute atomic E-state index is 11.6. The van der Waals surface area contributed by atoms with Crippen LogP contribution in [0.5, 0.6) is 5.75 Å². The summed E-state index contributed by atoms with van der Waals surface area (Å²) in [6.07, 6.45) is 4.44. The van der Waals surface area contributed by atoms with Gasteiger partial charge in [-0.15, -0.1) is 0 Å². The fourth-order valence-electron chi connectivity index (χ4n) is 1.47. The Morgan fingerprint density at radius 2 is 2.05 bits per heavy atom. The van der Waals surface area contributed by atoms with E-state index in [1.54, 1.807) is 0 Å². The lowest BCUT2D eigenvalue weighted by molar-refractivity contribution is 0.0941. The van der Waals surface area contributed by atoms with Crippen LogP contribution in [-0.2, 0) is 0 Å². The number of aromatic nitrogens is 2. The quantitative estimate of drug-likeness (QED) is 0.826. The summed E-state index contributed by atoms with van der Waals surface area (Å²) in [5.74, 6) is 0.542. The van der Waals surface area contributed by atoms with Crippen molar-refractivity contribution in [3.8, 4) is 5.75 Å². The van der Waals surface area contributed by atoms with Gasteiger partial charge in [-0.1, -0.05) is 17.7 Å². The smallest absolute Gasteiger partial charge is 0.271 e. The van der Waals surface area contributed by atoms with Crippen LogP contribution < -0.4 is 10.1 Å². The number of nitrogens with one attached hydrogen (secondary N) is 1. The normalized spacial score (nSPS) is 9.95. The van der Waals surface area contributed by atoms with Gasteiger partial charge in [-0.2, -0.15) is 0 Å². The Morgan fingerprint density at radius 3 is 2.74 bits per heavy atom. The highest BCUT2D eigenvalue weighted by molar-refractivity contribution is 5.91. The van der Waals surface area contributed by atoms with Crippen LogP contribution in [0.2, 0.25) is 0 Å². The van der Waals surface area contributed by atoms with E-state index in [9.17, 15) is 4.79 Å². The Labute approximate surface area is 111 Å². The predicted octanol–water partition coefficient (Wildman–Crippen LogP) is 1.59. The third kappa shape index (κ3) is 4.06. The molecule has 0 aliphatic carbocycles. The SMILES string of the molecule is Cc1ccc(OCCNC(=O)c2cnccn2)cc1. The molecule has 0 spiro atoms. The highest BCUT2D eigenvalue weighted by atomic mass is 16.5. The zero-order valence-corrected chi connectivity index (χ0v) is 10.7. The molecule has 1 aromatic heterocycles. The molecule has 0 aliphatic rings. The third-order valence-corrected chi connectivity index (χ3v) is 2.47. The minimum Gasteiger partial charge on any atom is -0.492 e. The van der Waals surface area contributed by atoms with Gasteiger partial charge in [0.15, 0.2) is 0 Å². The second kappa shape index (κ2) is 6.49. The summed E-state index contributed by atoms with van der Waals surface area (Å²) >= 11 is 0. The molecule has 0 saturated heterocycles. The first-order chi connectivity index (χ1) is 9.25. The van der Waals surface area contributed by atoms with E-state index in [1.165, 1.54) is 24.2 Å². The van der Waals surface area contributed by atoms with Crippen molar-refractivity contribution < 1.29 is 9.53 Å². The number of hydrogen-bond donors (Lipinski definition) is 1. The summed E-state index contributed by atoms with van der Waals surface area (Å²) in [5.41, 5.74) is 1.49. The molecule has 1 amide bonds. The Morgan fingerprint density at radius 1 is 1.26 bits per heavy atom. The number of carbonyl (C=O) groups is 1. The second-order valence-electron chi connectivity index (χ2n) is 4.01. The molecule has 0 atom stereocenters.